The second kappa shape index (κ2) is 9.02. The van der Waals surface area contributed by atoms with Crippen molar-refractivity contribution in [2.24, 2.45) is 0 Å². The molecule has 0 spiro atoms. The number of anilines is 2. The van der Waals surface area contributed by atoms with Crippen LogP contribution in [0.25, 0.3) is 0 Å². The third-order valence-electron chi connectivity index (χ3n) is 4.40. The summed E-state index contributed by atoms with van der Waals surface area (Å²) in [5.74, 6) is 0.0166. The number of carbonyl (C=O) groups excluding carboxylic acids is 2. The minimum atomic E-state index is -3.85. The summed E-state index contributed by atoms with van der Waals surface area (Å²) in [6.45, 7) is 0.512. The molecule has 1 aliphatic heterocycles. The van der Waals surface area contributed by atoms with Gasteiger partial charge in [-0.3, -0.25) is 14.3 Å². The molecule has 1 aromatic heterocycles. The number of sulfonamides is 1. The molecule has 1 aliphatic rings. The highest BCUT2D eigenvalue weighted by atomic mass is 32.2. The molecular weight excluding hydrogens is 438 g/mol. The Hall–Kier alpha value is -3.99. The van der Waals surface area contributed by atoms with E-state index in [0.29, 0.717) is 36.1 Å². The van der Waals surface area contributed by atoms with Gasteiger partial charge in [-0.25, -0.2) is 8.42 Å². The molecule has 2 amide bonds. The molecule has 0 radical (unpaired) electrons. The molecule has 0 saturated heterocycles. The van der Waals surface area contributed by atoms with Gasteiger partial charge in [0.1, 0.15) is 13.2 Å². The molecule has 4 rings (SSSR count). The van der Waals surface area contributed by atoms with Gasteiger partial charge in [0.05, 0.1) is 17.7 Å². The normalized spacial score (nSPS) is 12.6. The molecule has 2 aromatic carbocycles. The number of benzene rings is 2. The summed E-state index contributed by atoms with van der Waals surface area (Å²) in [7, 11) is -3.85. The number of hydrogen-bond acceptors (Lipinski definition) is 7. The molecule has 11 heteroatoms. The molecule has 3 aromatic rings. The maximum Gasteiger partial charge on any atom is 0.287 e. The first-order valence-corrected chi connectivity index (χ1v) is 11.0. The van der Waals surface area contributed by atoms with E-state index in [1.165, 1.54) is 48.7 Å². The number of rotatable bonds is 7. The van der Waals surface area contributed by atoms with Gasteiger partial charge in [-0.15, -0.1) is 0 Å². The molecule has 0 fully saturated rings. The summed E-state index contributed by atoms with van der Waals surface area (Å²) in [5.41, 5.74) is 0.744. The van der Waals surface area contributed by atoms with Crippen LogP contribution in [-0.2, 0) is 14.8 Å². The van der Waals surface area contributed by atoms with Crippen molar-refractivity contribution in [1.82, 2.24) is 5.32 Å². The largest absolute Gasteiger partial charge is 0.486 e. The summed E-state index contributed by atoms with van der Waals surface area (Å²) in [6.07, 6.45) is 1.36. The lowest BCUT2D eigenvalue weighted by atomic mass is 10.3. The summed E-state index contributed by atoms with van der Waals surface area (Å²) >= 11 is 0. The minimum absolute atomic E-state index is 0.0337. The van der Waals surface area contributed by atoms with Crippen molar-refractivity contribution >= 4 is 33.2 Å². The molecule has 10 nitrogen and oxygen atoms in total. The van der Waals surface area contributed by atoms with E-state index < -0.39 is 21.8 Å². The summed E-state index contributed by atoms with van der Waals surface area (Å²) < 4.78 is 43.6. The van der Waals surface area contributed by atoms with Crippen molar-refractivity contribution in [2.45, 2.75) is 4.90 Å². The number of fused-ring (bicyclic) bond motifs is 1. The van der Waals surface area contributed by atoms with Crippen LogP contribution in [0.3, 0.4) is 0 Å². The predicted molar refractivity (Wildman–Crippen MR) is 114 cm³/mol. The molecule has 0 bridgehead atoms. The third kappa shape index (κ3) is 5.01. The zero-order valence-electron chi connectivity index (χ0n) is 16.7. The Bertz CT molecular complexity index is 1220. The van der Waals surface area contributed by atoms with Crippen molar-refractivity contribution in [3.05, 3.63) is 66.6 Å². The van der Waals surface area contributed by atoms with Crippen molar-refractivity contribution in [1.29, 1.82) is 0 Å². The van der Waals surface area contributed by atoms with Gasteiger partial charge in [0, 0.05) is 17.4 Å². The molecule has 0 unspecified atom stereocenters. The lowest BCUT2D eigenvalue weighted by Gasteiger charge is -2.19. The van der Waals surface area contributed by atoms with Crippen molar-refractivity contribution < 1.29 is 31.9 Å². The minimum Gasteiger partial charge on any atom is -0.486 e. The molecule has 0 atom stereocenters. The predicted octanol–water partition coefficient (Wildman–Crippen LogP) is 2.22. The quantitative estimate of drug-likeness (QED) is 0.495. The van der Waals surface area contributed by atoms with Crippen LogP contribution >= 0.6 is 0 Å². The number of carbonyl (C=O) groups is 2. The highest BCUT2D eigenvalue weighted by Crippen LogP contribution is 2.32. The second-order valence-corrected chi connectivity index (χ2v) is 8.38. The van der Waals surface area contributed by atoms with E-state index in [-0.39, 0.29) is 17.2 Å². The smallest absolute Gasteiger partial charge is 0.287 e. The third-order valence-corrected chi connectivity index (χ3v) is 5.78. The van der Waals surface area contributed by atoms with Gasteiger partial charge in [0.2, 0.25) is 5.91 Å². The Morgan fingerprint density at radius 3 is 2.34 bits per heavy atom. The first-order valence-electron chi connectivity index (χ1n) is 9.55. The van der Waals surface area contributed by atoms with Crippen molar-refractivity contribution in [3.63, 3.8) is 0 Å². The van der Waals surface area contributed by atoms with Gasteiger partial charge < -0.3 is 24.5 Å². The van der Waals surface area contributed by atoms with Gasteiger partial charge in [0.15, 0.2) is 17.3 Å². The van der Waals surface area contributed by atoms with Gasteiger partial charge >= 0.3 is 0 Å². The van der Waals surface area contributed by atoms with E-state index in [4.69, 9.17) is 13.9 Å². The van der Waals surface area contributed by atoms with Gasteiger partial charge in [0.25, 0.3) is 15.9 Å². The number of nitrogens with one attached hydrogen (secondary N) is 3. The van der Waals surface area contributed by atoms with E-state index in [1.54, 1.807) is 12.1 Å². The average Bonchev–Trinajstić information content (AvgIpc) is 3.33. The first kappa shape index (κ1) is 21.2. The summed E-state index contributed by atoms with van der Waals surface area (Å²) in [4.78, 5) is 23.8. The lowest BCUT2D eigenvalue weighted by molar-refractivity contribution is -0.115. The van der Waals surface area contributed by atoms with E-state index in [9.17, 15) is 18.0 Å². The van der Waals surface area contributed by atoms with E-state index >= 15 is 0 Å². The van der Waals surface area contributed by atoms with Crippen molar-refractivity contribution in [2.75, 3.05) is 29.8 Å². The molecule has 2 heterocycles. The van der Waals surface area contributed by atoms with Crippen LogP contribution in [0.1, 0.15) is 10.6 Å². The zero-order valence-corrected chi connectivity index (χ0v) is 17.5. The molecule has 0 aliphatic carbocycles. The Labute approximate surface area is 183 Å². The van der Waals surface area contributed by atoms with Crippen molar-refractivity contribution in [3.8, 4) is 11.5 Å². The molecular formula is C21H19N3O7S. The van der Waals surface area contributed by atoms with Gasteiger partial charge in [-0.1, -0.05) is 0 Å². The van der Waals surface area contributed by atoms with Crippen LogP contribution in [0.4, 0.5) is 11.4 Å². The highest BCUT2D eigenvalue weighted by molar-refractivity contribution is 7.92. The lowest BCUT2D eigenvalue weighted by Crippen LogP contribution is -2.32. The summed E-state index contributed by atoms with van der Waals surface area (Å²) in [6, 6.07) is 13.5. The van der Waals surface area contributed by atoms with Crippen LogP contribution in [0.2, 0.25) is 0 Å². The van der Waals surface area contributed by atoms with Crippen LogP contribution in [-0.4, -0.2) is 40.0 Å². The van der Waals surface area contributed by atoms with Crippen LogP contribution < -0.4 is 24.8 Å². The van der Waals surface area contributed by atoms with Gasteiger partial charge in [-0.05, 0) is 48.5 Å². The molecule has 3 N–H and O–H groups in total. The second-order valence-electron chi connectivity index (χ2n) is 6.70. The number of hydrogen-bond donors (Lipinski definition) is 3. The Morgan fingerprint density at radius 1 is 0.906 bits per heavy atom. The van der Waals surface area contributed by atoms with Gasteiger partial charge in [-0.2, -0.15) is 0 Å². The standard InChI is InChI=1S/C21H19N3O7S/c25-20(13-22-21(26)18-2-1-9-29-18)23-14-3-5-15(6-4-14)24-32(27,28)16-7-8-17-19(12-16)31-11-10-30-17/h1-9,12,24H,10-11,13H2,(H,22,26)(H,23,25). The fourth-order valence-corrected chi connectivity index (χ4v) is 3.96. The highest BCUT2D eigenvalue weighted by Gasteiger charge is 2.19. The van der Waals surface area contributed by atoms with E-state index in [0.717, 1.165) is 0 Å². The van der Waals surface area contributed by atoms with E-state index in [1.807, 2.05) is 0 Å². The number of furan rings is 1. The summed E-state index contributed by atoms with van der Waals surface area (Å²) in [5, 5.41) is 5.04. The average molecular weight is 457 g/mol. The Balaban J connectivity index is 1.34. The number of ether oxygens (including phenoxy) is 2. The van der Waals surface area contributed by atoms with Crippen LogP contribution in [0.15, 0.2) is 70.2 Å². The Morgan fingerprint density at radius 2 is 1.62 bits per heavy atom. The van der Waals surface area contributed by atoms with E-state index in [2.05, 4.69) is 15.4 Å². The number of amides is 2. The Kier molecular flexibility index (Phi) is 5.99. The maximum absolute atomic E-state index is 12.7. The zero-order chi connectivity index (χ0) is 22.6. The first-order chi connectivity index (χ1) is 15.4. The fraction of sp³-hybridized carbons (Fsp3) is 0.143. The van der Waals surface area contributed by atoms with Crippen LogP contribution in [0, 0.1) is 0 Å². The monoisotopic (exact) mass is 457 g/mol. The molecule has 32 heavy (non-hydrogen) atoms. The van der Waals surface area contributed by atoms with Crippen LogP contribution in [0.5, 0.6) is 11.5 Å². The molecule has 0 saturated carbocycles. The topological polar surface area (TPSA) is 136 Å². The molecule has 166 valence electrons. The maximum atomic E-state index is 12.7. The fourth-order valence-electron chi connectivity index (χ4n) is 2.89. The SMILES string of the molecule is O=C(CNC(=O)c1ccco1)Nc1ccc(NS(=O)(=O)c2ccc3c(c2)OCCO3)cc1.